The highest BCUT2D eigenvalue weighted by Crippen LogP contribution is 2.20. The summed E-state index contributed by atoms with van der Waals surface area (Å²) in [6.07, 6.45) is 0.513. The third-order valence-corrected chi connectivity index (χ3v) is 8.38. The molecule has 0 saturated carbocycles. The number of hydrogen-bond donors (Lipinski definition) is 0. The highest BCUT2D eigenvalue weighted by Gasteiger charge is 2.31. The fourth-order valence-corrected chi connectivity index (χ4v) is 6.21. The maximum Gasteiger partial charge on any atom is 0.320 e. The van der Waals surface area contributed by atoms with E-state index in [2.05, 4.69) is 10.3 Å². The number of esters is 4. The van der Waals surface area contributed by atoms with Crippen LogP contribution in [0.1, 0.15) is 88.6 Å². The van der Waals surface area contributed by atoms with Gasteiger partial charge in [-0.05, 0) is 119 Å². The highest BCUT2D eigenvalue weighted by molar-refractivity contribution is 8.03. The van der Waals surface area contributed by atoms with Gasteiger partial charge in [0.1, 0.15) is 27.8 Å². The number of rotatable bonds is 11. The summed E-state index contributed by atoms with van der Waals surface area (Å²) in [5.41, 5.74) is -1.73. The van der Waals surface area contributed by atoms with Crippen molar-refractivity contribution in [2.45, 2.75) is 123 Å². The second kappa shape index (κ2) is 20.6. The van der Waals surface area contributed by atoms with Gasteiger partial charge in [-0.2, -0.15) is 5.26 Å². The fourth-order valence-electron chi connectivity index (χ4n) is 5.84. The minimum Gasteiger partial charge on any atom is -0.459 e. The molecule has 1 unspecified atom stereocenters. The van der Waals surface area contributed by atoms with E-state index in [9.17, 15) is 24.4 Å². The molecule has 304 valence electrons. The van der Waals surface area contributed by atoms with Crippen molar-refractivity contribution in [3.05, 3.63) is 29.8 Å². The van der Waals surface area contributed by atoms with Gasteiger partial charge in [-0.3, -0.25) is 38.8 Å². The van der Waals surface area contributed by atoms with E-state index in [4.69, 9.17) is 18.9 Å². The third-order valence-electron chi connectivity index (χ3n) is 7.78. The van der Waals surface area contributed by atoms with Crippen molar-refractivity contribution in [3.63, 3.8) is 0 Å². The summed E-state index contributed by atoms with van der Waals surface area (Å²) >= 11 is 1.08. The highest BCUT2D eigenvalue weighted by atomic mass is 32.2. The Balaban J connectivity index is 2.62. The second-order valence-corrected chi connectivity index (χ2v) is 18.7. The molecule has 1 aromatic rings. The van der Waals surface area contributed by atoms with Crippen LogP contribution in [0.5, 0.6) is 0 Å². The summed E-state index contributed by atoms with van der Waals surface area (Å²) in [5.74, 6) is -1.51. The molecule has 54 heavy (non-hydrogen) atoms. The lowest BCUT2D eigenvalue weighted by Crippen LogP contribution is -2.54. The van der Waals surface area contributed by atoms with E-state index in [1.807, 2.05) is 122 Å². The first-order valence-electron chi connectivity index (χ1n) is 18.7. The molecule has 14 heteroatoms. The number of nitriles is 1. The number of carbonyl (C=O) groups is 4. The summed E-state index contributed by atoms with van der Waals surface area (Å²) in [5, 5.41) is 11.3. The Morgan fingerprint density at radius 2 is 0.944 bits per heavy atom. The maximum absolute atomic E-state index is 13.5. The van der Waals surface area contributed by atoms with Crippen LogP contribution in [0.3, 0.4) is 0 Å². The molecule has 0 spiro atoms. The van der Waals surface area contributed by atoms with E-state index in [1.165, 1.54) is 0 Å². The van der Waals surface area contributed by atoms with Crippen molar-refractivity contribution in [2.75, 3.05) is 72.0 Å². The normalized spacial score (nSPS) is 18.1. The third kappa shape index (κ3) is 21.0. The van der Waals surface area contributed by atoms with Crippen LogP contribution in [-0.4, -0.2) is 144 Å². The first-order chi connectivity index (χ1) is 24.8. The van der Waals surface area contributed by atoms with Gasteiger partial charge in [0.25, 0.3) is 0 Å². The van der Waals surface area contributed by atoms with Crippen LogP contribution in [0.4, 0.5) is 0 Å². The molecule has 1 fully saturated rings. The van der Waals surface area contributed by atoms with Gasteiger partial charge in [-0.1, -0.05) is 12.1 Å². The molecule has 1 aromatic carbocycles. The molecule has 0 bridgehead atoms. The second-order valence-electron chi connectivity index (χ2n) is 17.8. The van der Waals surface area contributed by atoms with E-state index in [-0.39, 0.29) is 56.1 Å². The zero-order chi connectivity index (χ0) is 40.9. The van der Waals surface area contributed by atoms with Crippen LogP contribution in [0.25, 0.3) is 0 Å². The van der Waals surface area contributed by atoms with Crippen molar-refractivity contribution in [1.82, 2.24) is 19.6 Å². The number of ether oxygens (including phenoxy) is 4. The molecule has 0 aromatic heterocycles. The van der Waals surface area contributed by atoms with Crippen LogP contribution in [-0.2, 0) is 44.5 Å². The summed E-state index contributed by atoms with van der Waals surface area (Å²) in [7, 11) is 0. The SMILES string of the molecule is CC(C)(C)OC(=O)CN1CCN(CC(=O)OC(C)(C)C)CCN(CC(=O)OC(C)(C)C)C(Cc2ccc(SC#N)cc2)CN(CC(=O)OC(C)(C)C)CC1. The first-order valence-corrected chi connectivity index (χ1v) is 19.5. The average Bonchev–Trinajstić information content (AvgIpc) is 2.96. The van der Waals surface area contributed by atoms with Gasteiger partial charge in [-0.25, -0.2) is 0 Å². The Hall–Kier alpha value is -3.22. The standard InChI is InChI=1S/C40H65N5O8S/c1-37(2,3)50-33(46)25-42-17-18-43(26-34(47)51-38(4,5)6)21-22-45(28-36(49)53-40(10,11)12)31(23-30-13-15-32(16-14-30)54-29-41)24-44(20-19-42)27-35(48)52-39(7,8)9/h13-16,31H,17-28H2,1-12H3. The van der Waals surface area contributed by atoms with E-state index >= 15 is 0 Å². The Morgan fingerprint density at radius 1 is 0.593 bits per heavy atom. The Bertz CT molecular complexity index is 1420. The van der Waals surface area contributed by atoms with E-state index in [0.717, 1.165) is 22.2 Å². The van der Waals surface area contributed by atoms with Crippen molar-refractivity contribution < 1.29 is 38.1 Å². The van der Waals surface area contributed by atoms with Crippen molar-refractivity contribution >= 4 is 35.6 Å². The quantitative estimate of drug-likeness (QED) is 0.132. The van der Waals surface area contributed by atoms with Crippen LogP contribution in [0.2, 0.25) is 0 Å². The summed E-state index contributed by atoms with van der Waals surface area (Å²) in [6.45, 7) is 24.8. The lowest BCUT2D eigenvalue weighted by molar-refractivity contribution is -0.160. The molecule has 0 N–H and O–H groups in total. The minimum atomic E-state index is -0.698. The Morgan fingerprint density at radius 3 is 1.33 bits per heavy atom. The lowest BCUT2D eigenvalue weighted by Gasteiger charge is -2.38. The van der Waals surface area contributed by atoms with Gasteiger partial charge in [-0.15, -0.1) is 0 Å². The van der Waals surface area contributed by atoms with Gasteiger partial charge in [0.2, 0.25) is 0 Å². The number of benzene rings is 1. The Labute approximate surface area is 327 Å². The maximum atomic E-state index is 13.5. The van der Waals surface area contributed by atoms with Crippen LogP contribution < -0.4 is 0 Å². The fraction of sp³-hybridized carbons (Fsp3) is 0.725. The van der Waals surface area contributed by atoms with E-state index in [1.54, 1.807) is 0 Å². The first kappa shape index (κ1) is 46.9. The largest absolute Gasteiger partial charge is 0.459 e. The molecule has 1 saturated heterocycles. The number of thiocyanates is 1. The van der Waals surface area contributed by atoms with Crippen molar-refractivity contribution in [3.8, 4) is 5.40 Å². The zero-order valence-electron chi connectivity index (χ0n) is 34.8. The van der Waals surface area contributed by atoms with Crippen LogP contribution in [0, 0.1) is 10.7 Å². The summed E-state index contributed by atoms with van der Waals surface area (Å²) in [6, 6.07) is 7.43. The smallest absolute Gasteiger partial charge is 0.320 e. The predicted octanol–water partition coefficient (Wildman–Crippen LogP) is 4.76. The van der Waals surface area contributed by atoms with Gasteiger partial charge in [0.05, 0.1) is 26.2 Å². The molecule has 1 aliphatic heterocycles. The van der Waals surface area contributed by atoms with Crippen LogP contribution >= 0.6 is 11.8 Å². The van der Waals surface area contributed by atoms with Crippen molar-refractivity contribution in [1.29, 1.82) is 5.26 Å². The molecule has 2 rings (SSSR count). The van der Waals surface area contributed by atoms with Crippen molar-refractivity contribution in [2.24, 2.45) is 0 Å². The van der Waals surface area contributed by atoms with Gasteiger partial charge < -0.3 is 18.9 Å². The number of hydrogen-bond acceptors (Lipinski definition) is 14. The molecular weight excluding hydrogens is 711 g/mol. The topological polar surface area (TPSA) is 142 Å². The number of thioether (sulfide) groups is 1. The molecule has 13 nitrogen and oxygen atoms in total. The molecule has 0 radical (unpaired) electrons. The van der Waals surface area contributed by atoms with E-state index < -0.39 is 22.4 Å². The number of carbonyl (C=O) groups excluding carboxylic acids is 4. The van der Waals surface area contributed by atoms with Crippen LogP contribution in [0.15, 0.2) is 29.2 Å². The summed E-state index contributed by atoms with van der Waals surface area (Å²) < 4.78 is 22.9. The molecule has 1 atom stereocenters. The minimum absolute atomic E-state index is 0.00313. The molecule has 1 heterocycles. The molecular formula is C40H65N5O8S. The predicted molar refractivity (Wildman–Crippen MR) is 210 cm³/mol. The van der Waals surface area contributed by atoms with Gasteiger partial charge in [0, 0.05) is 56.8 Å². The lowest BCUT2D eigenvalue weighted by atomic mass is 10.0. The van der Waals surface area contributed by atoms with Gasteiger partial charge >= 0.3 is 23.9 Å². The molecule has 1 aliphatic rings. The van der Waals surface area contributed by atoms with E-state index in [0.29, 0.717) is 52.2 Å². The number of nitrogens with zero attached hydrogens (tertiary/aromatic N) is 5. The molecule has 0 aliphatic carbocycles. The van der Waals surface area contributed by atoms with Gasteiger partial charge in [0.15, 0.2) is 0 Å². The molecule has 0 amide bonds. The monoisotopic (exact) mass is 775 g/mol. The average molecular weight is 776 g/mol. The summed E-state index contributed by atoms with van der Waals surface area (Å²) in [4.78, 5) is 61.9. The zero-order valence-corrected chi connectivity index (χ0v) is 35.6. The Kier molecular flexibility index (Phi) is 17.9.